The first-order valence-corrected chi connectivity index (χ1v) is 9.20. The number of rotatable bonds is 3. The van der Waals surface area contributed by atoms with Crippen LogP contribution in [0.15, 0.2) is 55.0 Å². The van der Waals surface area contributed by atoms with Gasteiger partial charge in [0.25, 0.3) is 0 Å². The molecule has 0 unspecified atom stereocenters. The fourth-order valence-electron chi connectivity index (χ4n) is 3.66. The van der Waals surface area contributed by atoms with Crippen LogP contribution in [0.5, 0.6) is 0 Å². The first-order valence-electron chi connectivity index (χ1n) is 9.20. The fourth-order valence-corrected chi connectivity index (χ4v) is 3.66. The van der Waals surface area contributed by atoms with Crippen molar-refractivity contribution in [3.63, 3.8) is 0 Å². The summed E-state index contributed by atoms with van der Waals surface area (Å²) in [7, 11) is 1.90. The van der Waals surface area contributed by atoms with E-state index in [0.29, 0.717) is 0 Å². The van der Waals surface area contributed by atoms with Crippen LogP contribution in [0, 0.1) is 6.92 Å². The predicted molar refractivity (Wildman–Crippen MR) is 105 cm³/mol. The smallest absolute Gasteiger partial charge is 0.317 e. The lowest BCUT2D eigenvalue weighted by Crippen LogP contribution is -2.34. The minimum atomic E-state index is -0.0721. The molecular formula is C21H23N5O. The molecule has 1 atom stereocenters. The minimum Gasteiger partial charge on any atom is -0.317 e. The van der Waals surface area contributed by atoms with Gasteiger partial charge >= 0.3 is 6.03 Å². The van der Waals surface area contributed by atoms with E-state index in [9.17, 15) is 4.79 Å². The van der Waals surface area contributed by atoms with Crippen LogP contribution in [-0.4, -0.2) is 32.2 Å². The summed E-state index contributed by atoms with van der Waals surface area (Å²) in [5.41, 5.74) is 4.92. The summed E-state index contributed by atoms with van der Waals surface area (Å²) in [4.78, 5) is 19.2. The van der Waals surface area contributed by atoms with Crippen LogP contribution in [0.3, 0.4) is 0 Å². The van der Waals surface area contributed by atoms with Gasteiger partial charge in [-0.25, -0.2) is 4.79 Å². The molecule has 6 nitrogen and oxygen atoms in total. The van der Waals surface area contributed by atoms with Crippen LogP contribution < -0.4 is 5.32 Å². The molecule has 1 fully saturated rings. The monoisotopic (exact) mass is 361 g/mol. The maximum atomic E-state index is 12.9. The Balaban J connectivity index is 1.54. The van der Waals surface area contributed by atoms with Crippen molar-refractivity contribution in [3.05, 3.63) is 66.1 Å². The average Bonchev–Trinajstić information content (AvgIpc) is 3.33. The van der Waals surface area contributed by atoms with Gasteiger partial charge in [0.15, 0.2) is 0 Å². The van der Waals surface area contributed by atoms with Crippen molar-refractivity contribution in [3.8, 4) is 11.3 Å². The zero-order valence-electron chi connectivity index (χ0n) is 15.6. The van der Waals surface area contributed by atoms with Gasteiger partial charge in [-0.15, -0.1) is 0 Å². The summed E-state index contributed by atoms with van der Waals surface area (Å²) >= 11 is 0. The van der Waals surface area contributed by atoms with Gasteiger partial charge in [0.1, 0.15) is 0 Å². The number of hydrogen-bond donors (Lipinski definition) is 1. The van der Waals surface area contributed by atoms with E-state index in [1.807, 2.05) is 60.7 Å². The van der Waals surface area contributed by atoms with E-state index >= 15 is 0 Å². The Morgan fingerprint density at radius 1 is 1.26 bits per heavy atom. The van der Waals surface area contributed by atoms with Gasteiger partial charge in [0.2, 0.25) is 0 Å². The number of benzene rings is 1. The van der Waals surface area contributed by atoms with Crippen LogP contribution >= 0.6 is 0 Å². The largest absolute Gasteiger partial charge is 0.322 e. The Bertz CT molecular complexity index is 950. The number of urea groups is 1. The highest BCUT2D eigenvalue weighted by Gasteiger charge is 2.30. The van der Waals surface area contributed by atoms with Crippen LogP contribution in [0.2, 0.25) is 0 Å². The molecule has 2 aromatic heterocycles. The maximum Gasteiger partial charge on any atom is 0.322 e. The summed E-state index contributed by atoms with van der Waals surface area (Å²) in [6.07, 6.45) is 7.58. The molecule has 1 N–H and O–H groups in total. The quantitative estimate of drug-likeness (QED) is 0.762. The van der Waals surface area contributed by atoms with Gasteiger partial charge in [-0.3, -0.25) is 9.67 Å². The zero-order chi connectivity index (χ0) is 18.8. The molecule has 1 aromatic carbocycles. The average molecular weight is 361 g/mol. The molecule has 0 saturated carbocycles. The van der Waals surface area contributed by atoms with Crippen molar-refractivity contribution in [2.24, 2.45) is 7.05 Å². The van der Waals surface area contributed by atoms with Crippen LogP contribution in [0.1, 0.15) is 30.0 Å². The van der Waals surface area contributed by atoms with Crippen molar-refractivity contribution < 1.29 is 4.79 Å². The molecule has 4 rings (SSSR count). The molecule has 2 amide bonds. The summed E-state index contributed by atoms with van der Waals surface area (Å²) in [5, 5.41) is 7.30. The Labute approximate surface area is 158 Å². The van der Waals surface area contributed by atoms with Gasteiger partial charge in [0.05, 0.1) is 17.9 Å². The molecule has 0 bridgehead atoms. The number of carbonyl (C=O) groups is 1. The number of anilines is 1. The molecule has 0 spiro atoms. The Morgan fingerprint density at radius 3 is 2.89 bits per heavy atom. The van der Waals surface area contributed by atoms with Gasteiger partial charge in [-0.05, 0) is 49.6 Å². The lowest BCUT2D eigenvalue weighted by atomic mass is 10.0. The Kier molecular flexibility index (Phi) is 4.62. The van der Waals surface area contributed by atoms with E-state index < -0.39 is 0 Å². The van der Waals surface area contributed by atoms with Gasteiger partial charge in [-0.2, -0.15) is 5.10 Å². The predicted octanol–water partition coefficient (Wildman–Crippen LogP) is 4.16. The molecule has 1 aliphatic rings. The zero-order valence-corrected chi connectivity index (χ0v) is 15.6. The van der Waals surface area contributed by atoms with E-state index in [4.69, 9.17) is 0 Å². The summed E-state index contributed by atoms with van der Waals surface area (Å²) < 4.78 is 1.78. The number of aromatic nitrogens is 3. The molecule has 1 saturated heterocycles. The number of carbonyl (C=O) groups excluding carboxylic acids is 1. The lowest BCUT2D eigenvalue weighted by Gasteiger charge is -2.24. The second-order valence-corrected chi connectivity index (χ2v) is 6.97. The van der Waals surface area contributed by atoms with Crippen molar-refractivity contribution in [2.45, 2.75) is 25.8 Å². The van der Waals surface area contributed by atoms with Crippen molar-refractivity contribution in [1.82, 2.24) is 19.7 Å². The number of nitrogens with zero attached hydrogens (tertiary/aromatic N) is 4. The van der Waals surface area contributed by atoms with Crippen molar-refractivity contribution in [2.75, 3.05) is 11.9 Å². The number of nitrogens with one attached hydrogen (secondary N) is 1. The SMILES string of the molecule is Cc1ccc(NC(=O)N2CCC[C@H]2c2cnn(C)c2)cc1-c1ccccn1. The van der Waals surface area contributed by atoms with Gasteiger partial charge in [-0.1, -0.05) is 12.1 Å². The lowest BCUT2D eigenvalue weighted by molar-refractivity contribution is 0.207. The van der Waals surface area contributed by atoms with E-state index in [2.05, 4.69) is 22.3 Å². The number of aryl methyl sites for hydroxylation is 2. The van der Waals surface area contributed by atoms with E-state index in [-0.39, 0.29) is 12.1 Å². The summed E-state index contributed by atoms with van der Waals surface area (Å²) in [6, 6.07) is 11.8. The standard InChI is InChI=1S/C21H23N5O/c1-15-8-9-17(12-18(15)19-6-3-4-10-22-19)24-21(27)26-11-5-7-20(26)16-13-23-25(2)14-16/h3-4,6,8-10,12-14,20H,5,7,11H2,1-2H3,(H,24,27)/t20-/m0/s1. The third-order valence-corrected chi connectivity index (χ3v) is 5.05. The number of amides is 2. The molecule has 3 heterocycles. The van der Waals surface area contributed by atoms with Crippen molar-refractivity contribution in [1.29, 1.82) is 0 Å². The summed E-state index contributed by atoms with van der Waals surface area (Å²) in [6.45, 7) is 2.80. The number of pyridine rings is 1. The fraction of sp³-hybridized carbons (Fsp3) is 0.286. The highest BCUT2D eigenvalue weighted by Crippen LogP contribution is 2.32. The van der Waals surface area contributed by atoms with E-state index in [1.54, 1.807) is 10.9 Å². The van der Waals surface area contributed by atoms with Crippen LogP contribution in [0.4, 0.5) is 10.5 Å². The molecular weight excluding hydrogens is 338 g/mol. The molecule has 1 aliphatic heterocycles. The molecule has 27 heavy (non-hydrogen) atoms. The topological polar surface area (TPSA) is 63.1 Å². The number of hydrogen-bond acceptors (Lipinski definition) is 3. The normalized spacial score (nSPS) is 16.5. The minimum absolute atomic E-state index is 0.0721. The highest BCUT2D eigenvalue weighted by molar-refractivity contribution is 5.90. The van der Waals surface area contributed by atoms with E-state index in [1.165, 1.54) is 0 Å². The molecule has 0 radical (unpaired) electrons. The molecule has 138 valence electrons. The number of likely N-dealkylation sites (tertiary alicyclic amines) is 1. The maximum absolute atomic E-state index is 12.9. The molecule has 0 aliphatic carbocycles. The van der Waals surface area contributed by atoms with Crippen molar-refractivity contribution >= 4 is 11.7 Å². The second-order valence-electron chi connectivity index (χ2n) is 6.97. The van der Waals surface area contributed by atoms with Crippen LogP contribution in [0.25, 0.3) is 11.3 Å². The second kappa shape index (κ2) is 7.23. The summed E-state index contributed by atoms with van der Waals surface area (Å²) in [5.74, 6) is 0. The molecule has 3 aromatic rings. The first kappa shape index (κ1) is 17.3. The molecule has 6 heteroatoms. The van der Waals surface area contributed by atoms with Crippen LogP contribution in [-0.2, 0) is 7.05 Å². The highest BCUT2D eigenvalue weighted by atomic mass is 16.2. The van der Waals surface area contributed by atoms with E-state index in [0.717, 1.165) is 47.5 Å². The van der Waals surface area contributed by atoms with Gasteiger partial charge in [0, 0.05) is 42.8 Å². The first-order chi connectivity index (χ1) is 13.1. The third-order valence-electron chi connectivity index (χ3n) is 5.05. The Morgan fingerprint density at radius 2 is 2.15 bits per heavy atom. The Hall–Kier alpha value is -3.15. The third kappa shape index (κ3) is 3.56. The van der Waals surface area contributed by atoms with Gasteiger partial charge < -0.3 is 10.2 Å².